The highest BCUT2D eigenvalue weighted by atomic mass is 35.5. The second-order valence-electron chi connectivity index (χ2n) is 6.92. The number of anilines is 1. The molecule has 1 aliphatic rings. The van der Waals surface area contributed by atoms with Gasteiger partial charge < -0.3 is 5.32 Å². The SMILES string of the molecule is Cc1cccc(C)c1NC(=O)[C@@H](c1ccc(Cl)cc1Cl)N1CCCCC1. The number of benzene rings is 2. The first-order chi connectivity index (χ1) is 12.5. The monoisotopic (exact) mass is 390 g/mol. The van der Waals surface area contributed by atoms with Crippen molar-refractivity contribution in [3.63, 3.8) is 0 Å². The minimum absolute atomic E-state index is 0.0477. The van der Waals surface area contributed by atoms with E-state index in [4.69, 9.17) is 23.2 Å². The van der Waals surface area contributed by atoms with Crippen molar-refractivity contribution >= 4 is 34.8 Å². The lowest BCUT2D eigenvalue weighted by molar-refractivity contribution is -0.122. The highest BCUT2D eigenvalue weighted by molar-refractivity contribution is 6.35. The van der Waals surface area contributed by atoms with E-state index < -0.39 is 6.04 Å². The van der Waals surface area contributed by atoms with E-state index in [9.17, 15) is 4.79 Å². The second kappa shape index (κ2) is 8.43. The molecule has 3 nitrogen and oxygen atoms in total. The summed E-state index contributed by atoms with van der Waals surface area (Å²) in [6.07, 6.45) is 3.40. The van der Waals surface area contributed by atoms with E-state index in [2.05, 4.69) is 10.2 Å². The molecule has 3 rings (SSSR count). The van der Waals surface area contributed by atoms with Crippen LogP contribution in [0.4, 0.5) is 5.69 Å². The molecule has 1 aliphatic heterocycles. The van der Waals surface area contributed by atoms with Gasteiger partial charge in [-0.15, -0.1) is 0 Å². The lowest BCUT2D eigenvalue weighted by atomic mass is 10.00. The molecule has 26 heavy (non-hydrogen) atoms. The average molecular weight is 391 g/mol. The van der Waals surface area contributed by atoms with Crippen LogP contribution in [0.15, 0.2) is 36.4 Å². The largest absolute Gasteiger partial charge is 0.324 e. The van der Waals surface area contributed by atoms with Gasteiger partial charge in [-0.05, 0) is 68.6 Å². The van der Waals surface area contributed by atoms with Crippen molar-refractivity contribution in [2.45, 2.75) is 39.2 Å². The zero-order valence-corrected chi connectivity index (χ0v) is 16.7. The Morgan fingerprint density at radius 2 is 1.69 bits per heavy atom. The van der Waals surface area contributed by atoms with Gasteiger partial charge in [0.05, 0.1) is 0 Å². The second-order valence-corrected chi connectivity index (χ2v) is 7.76. The summed E-state index contributed by atoms with van der Waals surface area (Å²) in [6, 6.07) is 11.0. The summed E-state index contributed by atoms with van der Waals surface area (Å²) in [4.78, 5) is 15.5. The first kappa shape index (κ1) is 19.2. The number of rotatable bonds is 4. The van der Waals surface area contributed by atoms with Crippen LogP contribution in [0.5, 0.6) is 0 Å². The maximum absolute atomic E-state index is 13.3. The Morgan fingerprint density at radius 3 is 2.31 bits per heavy atom. The van der Waals surface area contributed by atoms with Gasteiger partial charge in [-0.2, -0.15) is 0 Å². The Bertz CT molecular complexity index is 780. The Labute approximate surface area is 165 Å². The van der Waals surface area contributed by atoms with Gasteiger partial charge in [0.15, 0.2) is 0 Å². The number of hydrogen-bond acceptors (Lipinski definition) is 2. The normalized spacial score (nSPS) is 16.3. The number of carbonyl (C=O) groups excluding carboxylic acids is 1. The third-order valence-corrected chi connectivity index (χ3v) is 5.55. The molecule has 0 aliphatic carbocycles. The van der Waals surface area contributed by atoms with Crippen molar-refractivity contribution < 1.29 is 4.79 Å². The van der Waals surface area contributed by atoms with Gasteiger partial charge in [-0.25, -0.2) is 0 Å². The third-order valence-electron chi connectivity index (χ3n) is 4.99. The van der Waals surface area contributed by atoms with E-state index in [0.29, 0.717) is 10.0 Å². The molecule has 0 saturated carbocycles. The molecule has 0 radical (unpaired) electrons. The Kier molecular flexibility index (Phi) is 6.23. The van der Waals surface area contributed by atoms with E-state index in [0.717, 1.165) is 48.3 Å². The van der Waals surface area contributed by atoms with Crippen molar-refractivity contribution in [2.24, 2.45) is 0 Å². The van der Waals surface area contributed by atoms with Crippen molar-refractivity contribution in [2.75, 3.05) is 18.4 Å². The Balaban J connectivity index is 1.95. The van der Waals surface area contributed by atoms with Crippen LogP contribution in [0.2, 0.25) is 10.0 Å². The first-order valence-corrected chi connectivity index (χ1v) is 9.79. The number of likely N-dealkylation sites (tertiary alicyclic amines) is 1. The number of para-hydroxylation sites is 1. The molecule has 0 spiro atoms. The minimum Gasteiger partial charge on any atom is -0.324 e. The highest BCUT2D eigenvalue weighted by Gasteiger charge is 2.31. The van der Waals surface area contributed by atoms with Crippen LogP contribution in [-0.4, -0.2) is 23.9 Å². The van der Waals surface area contributed by atoms with E-state index in [1.807, 2.05) is 38.1 Å². The molecule has 1 N–H and O–H groups in total. The zero-order chi connectivity index (χ0) is 18.7. The topological polar surface area (TPSA) is 32.3 Å². The fraction of sp³-hybridized carbons (Fsp3) is 0.381. The number of nitrogens with one attached hydrogen (secondary N) is 1. The summed E-state index contributed by atoms with van der Waals surface area (Å²) in [5.74, 6) is -0.0477. The standard InChI is InChI=1S/C21H24Cl2N2O/c1-14-7-6-8-15(2)19(14)24-21(26)20(25-11-4-3-5-12-25)17-10-9-16(22)13-18(17)23/h6-10,13,20H,3-5,11-12H2,1-2H3,(H,24,26)/t20-/m1/s1. The summed E-state index contributed by atoms with van der Waals surface area (Å²) in [6.45, 7) is 5.80. The molecule has 1 heterocycles. The van der Waals surface area contributed by atoms with Gasteiger partial charge in [0.2, 0.25) is 5.91 Å². The molecule has 0 aromatic heterocycles. The third kappa shape index (κ3) is 4.22. The summed E-state index contributed by atoms with van der Waals surface area (Å²) < 4.78 is 0. The molecule has 1 atom stereocenters. The summed E-state index contributed by atoms with van der Waals surface area (Å²) in [5.41, 5.74) is 3.79. The zero-order valence-electron chi connectivity index (χ0n) is 15.2. The Morgan fingerprint density at radius 1 is 1.04 bits per heavy atom. The maximum atomic E-state index is 13.3. The van der Waals surface area contributed by atoms with Gasteiger partial charge in [0.1, 0.15) is 6.04 Å². The molecule has 1 saturated heterocycles. The highest BCUT2D eigenvalue weighted by Crippen LogP contribution is 2.33. The summed E-state index contributed by atoms with van der Waals surface area (Å²) in [7, 11) is 0. The van der Waals surface area contributed by atoms with E-state index in [1.165, 1.54) is 6.42 Å². The van der Waals surface area contributed by atoms with Gasteiger partial charge >= 0.3 is 0 Å². The molecule has 1 fully saturated rings. The van der Waals surface area contributed by atoms with E-state index in [1.54, 1.807) is 12.1 Å². The van der Waals surface area contributed by atoms with Gasteiger partial charge in [0.25, 0.3) is 0 Å². The number of carbonyl (C=O) groups is 1. The number of aryl methyl sites for hydroxylation is 2. The van der Waals surface area contributed by atoms with Crippen molar-refractivity contribution in [3.05, 3.63) is 63.1 Å². The number of piperidine rings is 1. The molecule has 2 aromatic rings. The average Bonchev–Trinajstić information content (AvgIpc) is 2.61. The van der Waals surface area contributed by atoms with Crippen LogP contribution < -0.4 is 5.32 Å². The first-order valence-electron chi connectivity index (χ1n) is 9.03. The lowest BCUT2D eigenvalue weighted by Crippen LogP contribution is -2.40. The minimum atomic E-state index is -0.418. The molecular formula is C21H24Cl2N2O. The predicted octanol–water partition coefficient (Wildman–Crippen LogP) is 5.78. The van der Waals surface area contributed by atoms with Crippen LogP contribution in [0.3, 0.4) is 0 Å². The lowest BCUT2D eigenvalue weighted by Gasteiger charge is -2.34. The molecule has 1 amide bonds. The Hall–Kier alpha value is -1.55. The van der Waals surface area contributed by atoms with Crippen LogP contribution in [0, 0.1) is 13.8 Å². The quantitative estimate of drug-likeness (QED) is 0.717. The number of nitrogens with zero attached hydrogens (tertiary/aromatic N) is 1. The summed E-state index contributed by atoms with van der Waals surface area (Å²) >= 11 is 12.5. The predicted molar refractivity (Wildman–Crippen MR) is 109 cm³/mol. The molecule has 138 valence electrons. The fourth-order valence-corrected chi connectivity index (χ4v) is 4.12. The van der Waals surface area contributed by atoms with Crippen LogP contribution in [-0.2, 0) is 4.79 Å². The van der Waals surface area contributed by atoms with Gasteiger partial charge in [-0.3, -0.25) is 9.69 Å². The molecular weight excluding hydrogens is 367 g/mol. The maximum Gasteiger partial charge on any atom is 0.246 e. The number of amides is 1. The van der Waals surface area contributed by atoms with Crippen LogP contribution >= 0.6 is 23.2 Å². The van der Waals surface area contributed by atoms with Gasteiger partial charge in [0, 0.05) is 15.7 Å². The van der Waals surface area contributed by atoms with Crippen molar-refractivity contribution in [1.82, 2.24) is 4.90 Å². The van der Waals surface area contributed by atoms with E-state index >= 15 is 0 Å². The van der Waals surface area contributed by atoms with Crippen molar-refractivity contribution in [3.8, 4) is 0 Å². The molecule has 5 heteroatoms. The van der Waals surface area contributed by atoms with Gasteiger partial charge in [-0.1, -0.05) is 53.9 Å². The van der Waals surface area contributed by atoms with Crippen molar-refractivity contribution in [1.29, 1.82) is 0 Å². The molecule has 0 bridgehead atoms. The fourth-order valence-electron chi connectivity index (χ4n) is 3.61. The number of halogens is 2. The van der Waals surface area contributed by atoms with E-state index in [-0.39, 0.29) is 5.91 Å². The summed E-state index contributed by atoms with van der Waals surface area (Å²) in [5, 5.41) is 4.25. The number of hydrogen-bond donors (Lipinski definition) is 1. The molecule has 2 aromatic carbocycles. The molecule has 0 unspecified atom stereocenters. The smallest absolute Gasteiger partial charge is 0.246 e. The van der Waals surface area contributed by atoms with Crippen LogP contribution in [0.1, 0.15) is 42.0 Å². The van der Waals surface area contributed by atoms with Crippen LogP contribution in [0.25, 0.3) is 0 Å².